The number of carbonyl (C=O) groups excluding carboxylic acids is 1. The minimum Gasteiger partial charge on any atom is -0.372 e. The van der Waals surface area contributed by atoms with Crippen LogP contribution in [0.15, 0.2) is 53.4 Å². The van der Waals surface area contributed by atoms with Crippen LogP contribution in [-0.4, -0.2) is 41.3 Å². The number of nitrogens with two attached hydrogens (primary N) is 1. The Morgan fingerprint density at radius 2 is 1.86 bits per heavy atom. The predicted molar refractivity (Wildman–Crippen MR) is 114 cm³/mol. The fraction of sp³-hybridized carbons (Fsp3) is 0.364. The first kappa shape index (κ1) is 19.1. The third-order valence-electron chi connectivity index (χ3n) is 5.24. The van der Waals surface area contributed by atoms with Crippen LogP contribution in [0.4, 0.5) is 5.69 Å². The Balaban J connectivity index is 1.51. The number of nitrogens with zero attached hydrogens (tertiary/aromatic N) is 4. The van der Waals surface area contributed by atoms with Gasteiger partial charge in [-0.25, -0.2) is 9.98 Å². The molecule has 3 N–H and O–H groups in total. The number of primary amides is 1. The van der Waals surface area contributed by atoms with E-state index in [1.54, 1.807) is 12.4 Å². The standard InChI is InChI=1S/C22H26N6O/c23-20(29)9-10-26-22-21-19(24-11-12-25-21)8-5-17(27-22)15-16-3-6-18(7-4-16)28-13-1-2-14-28/h3-7,11-12H,1-2,8-10,13-15H2,(H2,23,29)(H,26,27). The number of carbonyl (C=O) groups is 1. The van der Waals surface area contributed by atoms with Crippen molar-refractivity contribution in [2.24, 2.45) is 10.7 Å². The van der Waals surface area contributed by atoms with Crippen LogP contribution in [0.5, 0.6) is 0 Å². The first-order valence-corrected chi connectivity index (χ1v) is 10.1. The van der Waals surface area contributed by atoms with Gasteiger partial charge in [0.1, 0.15) is 5.69 Å². The first-order valence-electron chi connectivity index (χ1n) is 10.1. The Morgan fingerprint density at radius 3 is 2.62 bits per heavy atom. The quantitative estimate of drug-likeness (QED) is 0.786. The maximum atomic E-state index is 11.1. The number of benzene rings is 1. The van der Waals surface area contributed by atoms with Gasteiger partial charge in [0.05, 0.1) is 5.69 Å². The molecule has 0 spiro atoms. The summed E-state index contributed by atoms with van der Waals surface area (Å²) in [5.41, 5.74) is 10.3. The van der Waals surface area contributed by atoms with Crippen LogP contribution in [0.3, 0.4) is 0 Å². The molecule has 0 unspecified atom stereocenters. The molecule has 150 valence electrons. The molecule has 0 aliphatic carbocycles. The van der Waals surface area contributed by atoms with Crippen LogP contribution in [0.1, 0.15) is 36.2 Å². The van der Waals surface area contributed by atoms with Crippen molar-refractivity contribution in [2.45, 2.75) is 32.1 Å². The van der Waals surface area contributed by atoms with E-state index in [0.717, 1.165) is 36.6 Å². The van der Waals surface area contributed by atoms with Crippen LogP contribution >= 0.6 is 0 Å². The van der Waals surface area contributed by atoms with Crippen LogP contribution in [-0.2, 0) is 17.6 Å². The van der Waals surface area contributed by atoms with E-state index in [4.69, 9.17) is 10.7 Å². The number of amides is 1. The molecule has 3 heterocycles. The van der Waals surface area contributed by atoms with E-state index in [9.17, 15) is 4.79 Å². The zero-order valence-corrected chi connectivity index (χ0v) is 16.5. The van der Waals surface area contributed by atoms with Crippen LogP contribution < -0.4 is 16.0 Å². The van der Waals surface area contributed by atoms with Gasteiger partial charge in [-0.1, -0.05) is 18.2 Å². The van der Waals surface area contributed by atoms with E-state index in [-0.39, 0.29) is 12.3 Å². The monoisotopic (exact) mass is 390 g/mol. The van der Waals surface area contributed by atoms with Crippen molar-refractivity contribution in [3.63, 3.8) is 0 Å². The van der Waals surface area contributed by atoms with Crippen LogP contribution in [0.2, 0.25) is 0 Å². The normalized spacial score (nSPS) is 15.9. The molecule has 0 saturated carbocycles. The molecule has 4 rings (SSSR count). The summed E-state index contributed by atoms with van der Waals surface area (Å²) < 4.78 is 0. The molecule has 29 heavy (non-hydrogen) atoms. The molecule has 0 radical (unpaired) electrons. The van der Waals surface area contributed by atoms with Crippen molar-refractivity contribution in [3.05, 3.63) is 65.4 Å². The Bertz CT molecular complexity index is 929. The van der Waals surface area contributed by atoms with Gasteiger partial charge in [0.15, 0.2) is 5.84 Å². The Kier molecular flexibility index (Phi) is 5.84. The Labute approximate surface area is 170 Å². The second-order valence-electron chi connectivity index (χ2n) is 7.39. The minimum atomic E-state index is -0.347. The van der Waals surface area contributed by atoms with Crippen molar-refractivity contribution in [1.82, 2.24) is 15.3 Å². The van der Waals surface area contributed by atoms with Gasteiger partial charge in [-0.2, -0.15) is 0 Å². The average Bonchev–Trinajstić information content (AvgIpc) is 3.21. The van der Waals surface area contributed by atoms with Gasteiger partial charge in [0.2, 0.25) is 5.91 Å². The van der Waals surface area contributed by atoms with E-state index in [1.165, 1.54) is 24.1 Å². The highest BCUT2D eigenvalue weighted by molar-refractivity contribution is 5.99. The zero-order chi connectivity index (χ0) is 20.1. The summed E-state index contributed by atoms with van der Waals surface area (Å²) in [6, 6.07) is 8.76. The molecule has 1 aromatic heterocycles. The molecule has 2 aliphatic rings. The summed E-state index contributed by atoms with van der Waals surface area (Å²) in [5, 5.41) is 3.21. The summed E-state index contributed by atoms with van der Waals surface area (Å²) in [7, 11) is 0. The predicted octanol–water partition coefficient (Wildman–Crippen LogP) is 1.97. The Morgan fingerprint density at radius 1 is 1.10 bits per heavy atom. The third-order valence-corrected chi connectivity index (χ3v) is 5.24. The van der Waals surface area contributed by atoms with Crippen LogP contribution in [0, 0.1) is 0 Å². The van der Waals surface area contributed by atoms with Crippen molar-refractivity contribution in [1.29, 1.82) is 0 Å². The second kappa shape index (κ2) is 8.86. The summed E-state index contributed by atoms with van der Waals surface area (Å²) in [6.45, 7) is 2.71. The molecular weight excluding hydrogens is 364 g/mol. The van der Waals surface area contributed by atoms with Crippen LogP contribution in [0.25, 0.3) is 0 Å². The van der Waals surface area contributed by atoms with E-state index < -0.39 is 0 Å². The van der Waals surface area contributed by atoms with Gasteiger partial charge < -0.3 is 16.0 Å². The number of hydrogen-bond donors (Lipinski definition) is 2. The SMILES string of the molecule is NC(=O)CCNC1=NC(Cc2ccc(N3CCCC3)cc2)=CCc2nccnc21. The summed E-state index contributed by atoms with van der Waals surface area (Å²) in [6.07, 6.45) is 9.65. The molecule has 7 nitrogen and oxygen atoms in total. The maximum Gasteiger partial charge on any atom is 0.219 e. The molecule has 0 bridgehead atoms. The van der Waals surface area contributed by atoms with Gasteiger partial charge in [-0.15, -0.1) is 0 Å². The average molecular weight is 390 g/mol. The lowest BCUT2D eigenvalue weighted by molar-refractivity contribution is -0.117. The third kappa shape index (κ3) is 4.80. The molecule has 0 atom stereocenters. The largest absolute Gasteiger partial charge is 0.372 e. The van der Waals surface area contributed by atoms with Crippen molar-refractivity contribution < 1.29 is 4.79 Å². The molecule has 1 amide bonds. The molecular formula is C22H26N6O. The van der Waals surface area contributed by atoms with Gasteiger partial charge in [-0.05, 0) is 30.5 Å². The number of aliphatic imine (C=N–C) groups is 1. The lowest BCUT2D eigenvalue weighted by Crippen LogP contribution is -2.30. The zero-order valence-electron chi connectivity index (χ0n) is 16.5. The summed E-state index contributed by atoms with van der Waals surface area (Å²) in [5.74, 6) is 0.298. The number of amidine groups is 1. The fourth-order valence-corrected chi connectivity index (χ4v) is 3.72. The highest BCUT2D eigenvalue weighted by Gasteiger charge is 2.17. The van der Waals surface area contributed by atoms with E-state index in [2.05, 4.69) is 50.5 Å². The smallest absolute Gasteiger partial charge is 0.219 e. The highest BCUT2D eigenvalue weighted by Crippen LogP contribution is 2.22. The summed E-state index contributed by atoms with van der Waals surface area (Å²) in [4.78, 5) is 27.2. The van der Waals surface area contributed by atoms with E-state index >= 15 is 0 Å². The second-order valence-corrected chi connectivity index (χ2v) is 7.39. The van der Waals surface area contributed by atoms with Crippen molar-refractivity contribution in [3.8, 4) is 0 Å². The number of hydrogen-bond acceptors (Lipinski definition) is 6. The molecule has 2 aromatic rings. The first-order chi connectivity index (χ1) is 14.2. The van der Waals surface area contributed by atoms with Crippen molar-refractivity contribution in [2.75, 3.05) is 24.5 Å². The Hall–Kier alpha value is -3.22. The van der Waals surface area contributed by atoms with E-state index in [1.807, 2.05) is 0 Å². The highest BCUT2D eigenvalue weighted by atomic mass is 16.1. The fourth-order valence-electron chi connectivity index (χ4n) is 3.72. The number of allylic oxidation sites excluding steroid dienone is 2. The molecule has 7 heteroatoms. The molecule has 1 aromatic carbocycles. The number of fused-ring (bicyclic) bond motifs is 1. The van der Waals surface area contributed by atoms with Crippen molar-refractivity contribution >= 4 is 17.4 Å². The maximum absolute atomic E-state index is 11.1. The lowest BCUT2D eigenvalue weighted by Gasteiger charge is -2.17. The van der Waals surface area contributed by atoms with Gasteiger partial charge in [-0.3, -0.25) is 9.78 Å². The number of nitrogens with one attached hydrogen (secondary N) is 1. The van der Waals surface area contributed by atoms with E-state index in [0.29, 0.717) is 18.8 Å². The number of anilines is 1. The number of rotatable bonds is 6. The molecule has 1 saturated heterocycles. The molecule has 1 fully saturated rings. The topological polar surface area (TPSA) is 96.5 Å². The van der Waals surface area contributed by atoms with Gasteiger partial charge in [0.25, 0.3) is 0 Å². The minimum absolute atomic E-state index is 0.242. The number of aromatic nitrogens is 2. The molecule has 2 aliphatic heterocycles. The summed E-state index contributed by atoms with van der Waals surface area (Å²) >= 11 is 0. The van der Waals surface area contributed by atoms with Gasteiger partial charge in [0, 0.05) is 62.7 Å². The van der Waals surface area contributed by atoms with Gasteiger partial charge >= 0.3 is 0 Å². The lowest BCUT2D eigenvalue weighted by atomic mass is 10.1.